The van der Waals surface area contributed by atoms with Crippen LogP contribution >= 0.6 is 0 Å². The number of aryl methyl sites for hydroxylation is 1. The second-order valence-corrected chi connectivity index (χ2v) is 4.28. The van der Waals surface area contributed by atoms with E-state index in [0.717, 1.165) is 39.0 Å². The van der Waals surface area contributed by atoms with Gasteiger partial charge in [0.05, 0.1) is 0 Å². The Morgan fingerprint density at radius 3 is 2.75 bits per heavy atom. The summed E-state index contributed by atoms with van der Waals surface area (Å²) in [5.41, 5.74) is 2.73. The molecule has 2 rings (SSSR count). The Morgan fingerprint density at radius 2 is 1.94 bits per heavy atom. The highest BCUT2D eigenvalue weighted by Gasteiger charge is 2.15. The summed E-state index contributed by atoms with van der Waals surface area (Å²) in [4.78, 5) is 2.38. The number of hydroxylamine groups is 2. The second-order valence-electron chi connectivity index (χ2n) is 4.28. The molecule has 0 aliphatic carbocycles. The smallest absolute Gasteiger partial charge is 0.0414 e. The molecule has 0 aromatic heterocycles. The summed E-state index contributed by atoms with van der Waals surface area (Å²) in [5, 5.41) is 10.9. The van der Waals surface area contributed by atoms with Crippen LogP contribution in [-0.4, -0.2) is 36.4 Å². The molecule has 1 saturated heterocycles. The summed E-state index contributed by atoms with van der Waals surface area (Å²) in [6, 6.07) is 8.57. The Labute approximate surface area is 97.2 Å². The molecule has 0 amide bonds. The minimum atomic E-state index is 0.734. The van der Waals surface area contributed by atoms with Gasteiger partial charge in [0.15, 0.2) is 0 Å². The van der Waals surface area contributed by atoms with Crippen molar-refractivity contribution in [2.75, 3.05) is 31.1 Å². The molecule has 1 aromatic rings. The van der Waals surface area contributed by atoms with Gasteiger partial charge in [-0.3, -0.25) is 0 Å². The molecule has 16 heavy (non-hydrogen) atoms. The monoisotopic (exact) mass is 220 g/mol. The molecular weight excluding hydrogens is 200 g/mol. The third-order valence-corrected chi connectivity index (χ3v) is 3.19. The van der Waals surface area contributed by atoms with Crippen molar-refractivity contribution in [3.8, 4) is 0 Å². The van der Waals surface area contributed by atoms with Crippen molar-refractivity contribution in [2.45, 2.75) is 19.8 Å². The maximum Gasteiger partial charge on any atom is 0.0414 e. The Morgan fingerprint density at radius 1 is 1.12 bits per heavy atom. The van der Waals surface area contributed by atoms with Gasteiger partial charge in [-0.05, 0) is 24.5 Å². The Kier molecular flexibility index (Phi) is 3.80. The number of benzene rings is 1. The van der Waals surface area contributed by atoms with Gasteiger partial charge < -0.3 is 10.1 Å². The molecule has 3 heteroatoms. The zero-order valence-corrected chi connectivity index (χ0v) is 9.89. The standard InChI is InChI=1S/C13H20N2O/c1-2-12-6-3-4-7-13(12)14-8-5-9-15(16)11-10-14/h3-4,6-7,16H,2,5,8-11H2,1H3. The third-order valence-electron chi connectivity index (χ3n) is 3.19. The molecule has 88 valence electrons. The van der Waals surface area contributed by atoms with E-state index in [1.807, 2.05) is 0 Å². The molecule has 1 fully saturated rings. The fourth-order valence-electron chi connectivity index (χ4n) is 2.26. The Balaban J connectivity index is 2.16. The predicted octanol–water partition coefficient (Wildman–Crippen LogP) is 2.15. The lowest BCUT2D eigenvalue weighted by Crippen LogP contribution is -2.29. The summed E-state index contributed by atoms with van der Waals surface area (Å²) >= 11 is 0. The summed E-state index contributed by atoms with van der Waals surface area (Å²) in [7, 11) is 0. The van der Waals surface area contributed by atoms with Crippen molar-refractivity contribution in [1.29, 1.82) is 0 Å². The van der Waals surface area contributed by atoms with Gasteiger partial charge in [0.2, 0.25) is 0 Å². The first kappa shape index (κ1) is 11.4. The minimum Gasteiger partial charge on any atom is -0.370 e. The van der Waals surface area contributed by atoms with Crippen LogP contribution in [0.3, 0.4) is 0 Å². The van der Waals surface area contributed by atoms with Gasteiger partial charge >= 0.3 is 0 Å². The van der Waals surface area contributed by atoms with E-state index < -0.39 is 0 Å². The van der Waals surface area contributed by atoms with Crippen molar-refractivity contribution in [3.63, 3.8) is 0 Å². The van der Waals surface area contributed by atoms with Gasteiger partial charge in [0, 0.05) is 31.9 Å². The first-order chi connectivity index (χ1) is 7.81. The molecule has 3 nitrogen and oxygen atoms in total. The maximum absolute atomic E-state index is 9.49. The molecule has 1 aromatic carbocycles. The molecule has 0 unspecified atom stereocenters. The van der Waals surface area contributed by atoms with Crippen LogP contribution in [0.15, 0.2) is 24.3 Å². The maximum atomic E-state index is 9.49. The van der Waals surface area contributed by atoms with Gasteiger partial charge in [-0.25, -0.2) is 0 Å². The molecule has 1 aliphatic heterocycles. The zero-order valence-electron chi connectivity index (χ0n) is 9.89. The van der Waals surface area contributed by atoms with E-state index >= 15 is 0 Å². The van der Waals surface area contributed by atoms with Gasteiger partial charge in [-0.15, -0.1) is 0 Å². The van der Waals surface area contributed by atoms with Crippen LogP contribution in [0.5, 0.6) is 0 Å². The summed E-state index contributed by atoms with van der Waals surface area (Å²) in [6.45, 7) is 5.65. The normalized spacial score (nSPS) is 18.5. The summed E-state index contributed by atoms with van der Waals surface area (Å²) < 4.78 is 0. The first-order valence-electron chi connectivity index (χ1n) is 6.08. The third kappa shape index (κ3) is 2.54. The molecular formula is C13H20N2O. The van der Waals surface area contributed by atoms with Crippen molar-refractivity contribution in [1.82, 2.24) is 5.06 Å². The van der Waals surface area contributed by atoms with Crippen LogP contribution in [0.25, 0.3) is 0 Å². The number of hydrogen-bond donors (Lipinski definition) is 1. The highest BCUT2D eigenvalue weighted by Crippen LogP contribution is 2.21. The van der Waals surface area contributed by atoms with Gasteiger partial charge in [-0.1, -0.05) is 25.1 Å². The predicted molar refractivity (Wildman–Crippen MR) is 66.0 cm³/mol. The molecule has 1 heterocycles. The van der Waals surface area contributed by atoms with E-state index in [4.69, 9.17) is 0 Å². The molecule has 0 spiro atoms. The second kappa shape index (κ2) is 5.32. The van der Waals surface area contributed by atoms with Crippen molar-refractivity contribution < 1.29 is 5.21 Å². The van der Waals surface area contributed by atoms with E-state index in [1.54, 1.807) is 0 Å². The SMILES string of the molecule is CCc1ccccc1N1CCCN(O)CC1. The van der Waals surface area contributed by atoms with E-state index in [0.29, 0.717) is 0 Å². The fourth-order valence-corrected chi connectivity index (χ4v) is 2.26. The van der Waals surface area contributed by atoms with Gasteiger partial charge in [0.25, 0.3) is 0 Å². The lowest BCUT2D eigenvalue weighted by Gasteiger charge is -2.25. The first-order valence-corrected chi connectivity index (χ1v) is 6.08. The lowest BCUT2D eigenvalue weighted by atomic mass is 10.1. The Bertz CT molecular complexity index is 340. The molecule has 0 atom stereocenters. The summed E-state index contributed by atoms with van der Waals surface area (Å²) in [5.74, 6) is 0. The summed E-state index contributed by atoms with van der Waals surface area (Å²) in [6.07, 6.45) is 2.09. The molecule has 0 bridgehead atoms. The number of rotatable bonds is 2. The average molecular weight is 220 g/mol. The molecule has 1 N–H and O–H groups in total. The van der Waals surface area contributed by atoms with Crippen LogP contribution in [-0.2, 0) is 6.42 Å². The number of hydrogen-bond acceptors (Lipinski definition) is 3. The van der Waals surface area contributed by atoms with E-state index in [1.165, 1.54) is 16.3 Å². The van der Waals surface area contributed by atoms with E-state index in [-0.39, 0.29) is 0 Å². The van der Waals surface area contributed by atoms with E-state index in [2.05, 4.69) is 36.1 Å². The quantitative estimate of drug-likeness (QED) is 0.827. The highest BCUT2D eigenvalue weighted by molar-refractivity contribution is 5.53. The molecule has 0 radical (unpaired) electrons. The lowest BCUT2D eigenvalue weighted by molar-refractivity contribution is -0.0843. The molecule has 0 saturated carbocycles. The minimum absolute atomic E-state index is 0.734. The van der Waals surface area contributed by atoms with Crippen molar-refractivity contribution in [3.05, 3.63) is 29.8 Å². The zero-order chi connectivity index (χ0) is 11.4. The van der Waals surface area contributed by atoms with Crippen LogP contribution in [0, 0.1) is 0 Å². The number of nitrogens with zero attached hydrogens (tertiary/aromatic N) is 2. The van der Waals surface area contributed by atoms with Crippen molar-refractivity contribution in [2.24, 2.45) is 0 Å². The Hall–Kier alpha value is -1.06. The van der Waals surface area contributed by atoms with Crippen LogP contribution < -0.4 is 4.90 Å². The van der Waals surface area contributed by atoms with Gasteiger partial charge in [0.1, 0.15) is 0 Å². The number of para-hydroxylation sites is 1. The van der Waals surface area contributed by atoms with Crippen LogP contribution in [0.4, 0.5) is 5.69 Å². The largest absolute Gasteiger partial charge is 0.370 e. The average Bonchev–Trinajstić information content (AvgIpc) is 2.54. The highest BCUT2D eigenvalue weighted by atomic mass is 16.5. The van der Waals surface area contributed by atoms with Crippen molar-refractivity contribution >= 4 is 5.69 Å². The van der Waals surface area contributed by atoms with Crippen LogP contribution in [0.2, 0.25) is 0 Å². The topological polar surface area (TPSA) is 26.7 Å². The number of anilines is 1. The molecule has 1 aliphatic rings. The van der Waals surface area contributed by atoms with Gasteiger partial charge in [-0.2, -0.15) is 5.06 Å². The van der Waals surface area contributed by atoms with Crippen LogP contribution in [0.1, 0.15) is 18.9 Å². The van der Waals surface area contributed by atoms with E-state index in [9.17, 15) is 5.21 Å². The fraction of sp³-hybridized carbons (Fsp3) is 0.538.